The van der Waals surface area contributed by atoms with Gasteiger partial charge in [-0.05, 0) is 86.7 Å². The highest BCUT2D eigenvalue weighted by atomic mass is 79.9. The predicted octanol–water partition coefficient (Wildman–Crippen LogP) is 6.76. The summed E-state index contributed by atoms with van der Waals surface area (Å²) in [4.78, 5) is 25.9. The molecule has 0 spiro atoms. The molecule has 0 amide bonds. The van der Waals surface area contributed by atoms with Gasteiger partial charge in [0.15, 0.2) is 17.3 Å². The van der Waals surface area contributed by atoms with Crippen LogP contribution in [0.4, 0.5) is 0 Å². The van der Waals surface area contributed by atoms with Gasteiger partial charge < -0.3 is 8.92 Å². The second kappa shape index (κ2) is 9.50. The van der Waals surface area contributed by atoms with Crippen molar-refractivity contribution < 1.29 is 26.9 Å². The predicted molar refractivity (Wildman–Crippen MR) is 137 cm³/mol. The molecule has 1 heterocycles. The van der Waals surface area contributed by atoms with Crippen molar-refractivity contribution in [3.8, 4) is 5.75 Å². The van der Waals surface area contributed by atoms with Gasteiger partial charge in [0.05, 0.1) is 8.95 Å². The van der Waals surface area contributed by atoms with Gasteiger partial charge in [0, 0.05) is 47.8 Å². The van der Waals surface area contributed by atoms with Crippen LogP contribution in [0.2, 0.25) is 5.02 Å². The van der Waals surface area contributed by atoms with Crippen LogP contribution in [0.3, 0.4) is 0 Å². The first-order valence-electron chi connectivity index (χ1n) is 11.0. The number of halogens is 3. The van der Waals surface area contributed by atoms with Gasteiger partial charge in [0.1, 0.15) is 16.4 Å². The highest BCUT2D eigenvalue weighted by molar-refractivity contribution is 9.11. The molecule has 10 heteroatoms. The zero-order chi connectivity index (χ0) is 24.9. The number of ketones is 2. The topological polar surface area (TPSA) is 86.7 Å². The molecule has 0 aromatic heterocycles. The first kappa shape index (κ1) is 24.7. The Morgan fingerprint density at radius 2 is 1.37 bits per heavy atom. The third-order valence-corrected chi connectivity index (χ3v) is 8.96. The molecular formula is C25H19Br2ClO6S. The Kier molecular flexibility index (Phi) is 6.72. The minimum Gasteiger partial charge on any atom is -0.465 e. The van der Waals surface area contributed by atoms with Gasteiger partial charge in [0.2, 0.25) is 0 Å². The average molecular weight is 643 g/mol. The summed E-state index contributed by atoms with van der Waals surface area (Å²) in [7, 11) is -4.13. The minimum absolute atomic E-state index is 0.0286. The molecule has 2 aromatic carbocycles. The first-order chi connectivity index (χ1) is 16.7. The van der Waals surface area contributed by atoms with E-state index < -0.39 is 16.0 Å². The van der Waals surface area contributed by atoms with E-state index in [1.807, 2.05) is 0 Å². The van der Waals surface area contributed by atoms with Crippen molar-refractivity contribution in [3.05, 3.63) is 78.6 Å². The van der Waals surface area contributed by atoms with Gasteiger partial charge in [-0.2, -0.15) is 8.42 Å². The van der Waals surface area contributed by atoms with E-state index in [0.717, 1.165) is 0 Å². The number of hydrogen-bond donors (Lipinski definition) is 0. The Hall–Kier alpha value is -1.94. The van der Waals surface area contributed by atoms with Gasteiger partial charge in [-0.3, -0.25) is 9.59 Å². The third kappa shape index (κ3) is 4.63. The molecule has 0 radical (unpaired) electrons. The Morgan fingerprint density at radius 3 is 1.89 bits per heavy atom. The highest BCUT2D eigenvalue weighted by Gasteiger charge is 2.42. The van der Waals surface area contributed by atoms with Crippen LogP contribution >= 0.6 is 43.5 Å². The fourth-order valence-corrected chi connectivity index (χ4v) is 7.42. The van der Waals surface area contributed by atoms with Crippen LogP contribution in [0.5, 0.6) is 5.75 Å². The molecule has 0 saturated carbocycles. The molecule has 182 valence electrons. The zero-order valence-corrected chi connectivity index (χ0v) is 23.0. The van der Waals surface area contributed by atoms with E-state index in [1.165, 1.54) is 24.3 Å². The number of carbonyl (C=O) groups is 2. The van der Waals surface area contributed by atoms with Crippen molar-refractivity contribution in [1.29, 1.82) is 0 Å². The normalized spacial score (nSPS) is 18.8. The van der Waals surface area contributed by atoms with Crippen molar-refractivity contribution in [2.75, 3.05) is 0 Å². The molecule has 0 saturated heterocycles. The summed E-state index contributed by atoms with van der Waals surface area (Å²) < 4.78 is 37.9. The second-order valence-electron chi connectivity index (χ2n) is 8.57. The number of Topliss-reactive ketones (excluding diaryl/α,β-unsaturated/α-hetero) is 2. The summed E-state index contributed by atoms with van der Waals surface area (Å²) in [5.41, 5.74) is 1.71. The van der Waals surface area contributed by atoms with Crippen LogP contribution < -0.4 is 4.18 Å². The second-order valence-corrected chi connectivity index (χ2v) is 12.3. The van der Waals surface area contributed by atoms with Gasteiger partial charge in [-0.15, -0.1) is 0 Å². The van der Waals surface area contributed by atoms with Gasteiger partial charge in [-0.25, -0.2) is 0 Å². The molecule has 5 rings (SSSR count). The molecule has 0 N–H and O–H groups in total. The van der Waals surface area contributed by atoms with E-state index in [1.54, 1.807) is 12.1 Å². The van der Waals surface area contributed by atoms with Gasteiger partial charge in [-0.1, -0.05) is 11.6 Å². The van der Waals surface area contributed by atoms with Gasteiger partial charge in [0.25, 0.3) is 0 Å². The number of carbonyl (C=O) groups excluding carboxylic acids is 2. The first-order valence-corrected chi connectivity index (χ1v) is 14.4. The van der Waals surface area contributed by atoms with E-state index in [9.17, 15) is 18.0 Å². The number of allylic oxidation sites excluding steroid dienone is 4. The summed E-state index contributed by atoms with van der Waals surface area (Å²) in [6.45, 7) is 0. The molecule has 2 aromatic rings. The van der Waals surface area contributed by atoms with Crippen molar-refractivity contribution in [2.45, 2.75) is 49.3 Å². The van der Waals surface area contributed by atoms with E-state index in [4.69, 9.17) is 20.5 Å². The maximum Gasteiger partial charge on any atom is 0.339 e. The number of hydrogen-bond acceptors (Lipinski definition) is 6. The quantitative estimate of drug-likeness (QED) is 0.343. The Balaban J connectivity index is 1.58. The monoisotopic (exact) mass is 640 g/mol. The molecule has 3 aliphatic rings. The van der Waals surface area contributed by atoms with Crippen LogP contribution in [-0.2, 0) is 24.4 Å². The summed E-state index contributed by atoms with van der Waals surface area (Å²) in [5, 5.41) is 0.406. The van der Waals surface area contributed by atoms with E-state index in [-0.39, 0.29) is 22.2 Å². The lowest BCUT2D eigenvalue weighted by molar-refractivity contribution is -0.117. The summed E-state index contributed by atoms with van der Waals surface area (Å²) >= 11 is 12.7. The lowest BCUT2D eigenvalue weighted by Gasteiger charge is -2.36. The van der Waals surface area contributed by atoms with Crippen LogP contribution in [0.15, 0.2) is 72.9 Å². The summed E-state index contributed by atoms with van der Waals surface area (Å²) in [5.74, 6) is 0.710. The molecule has 0 atom stereocenters. The fraction of sp³-hybridized carbons (Fsp3) is 0.280. The standard InChI is InChI=1S/C25H19Br2ClO6S/c26-16-11-13(12-17(27)25(16)34-35(31,32)15-9-7-14(28)8-10-15)22-23-18(29)3-1-5-20(23)33-21-6-2-4-19(30)24(21)22/h7-12,22H,1-6H2. The minimum atomic E-state index is -4.13. The number of ether oxygens (including phenoxy) is 1. The Morgan fingerprint density at radius 1 is 0.857 bits per heavy atom. The SMILES string of the molecule is O=C1CCCC2=C1C(c1cc(Br)c(OS(=O)(=O)c3ccc(Cl)cc3)c(Br)c1)C1=C(CCCC1=O)O2. The Bertz CT molecular complexity index is 1360. The Labute approximate surface area is 224 Å². The zero-order valence-electron chi connectivity index (χ0n) is 18.3. The van der Waals surface area contributed by atoms with Crippen molar-refractivity contribution in [1.82, 2.24) is 0 Å². The molecule has 6 nitrogen and oxygen atoms in total. The average Bonchev–Trinajstić information content (AvgIpc) is 2.81. The summed E-state index contributed by atoms with van der Waals surface area (Å²) in [6.07, 6.45) is 3.51. The van der Waals surface area contributed by atoms with Crippen LogP contribution in [0, 0.1) is 0 Å². The maximum atomic E-state index is 13.0. The third-order valence-electron chi connectivity index (χ3n) is 6.29. The molecule has 1 aliphatic heterocycles. The van der Waals surface area contributed by atoms with Gasteiger partial charge >= 0.3 is 10.1 Å². The lowest BCUT2D eigenvalue weighted by atomic mass is 9.73. The fourth-order valence-electron chi connectivity index (χ4n) is 4.74. The number of rotatable bonds is 4. The molecule has 0 bridgehead atoms. The molecule has 35 heavy (non-hydrogen) atoms. The smallest absolute Gasteiger partial charge is 0.339 e. The van der Waals surface area contributed by atoms with Crippen LogP contribution in [0.25, 0.3) is 0 Å². The van der Waals surface area contributed by atoms with Crippen LogP contribution in [0.1, 0.15) is 50.0 Å². The molecular weight excluding hydrogens is 624 g/mol. The van der Waals surface area contributed by atoms with E-state index >= 15 is 0 Å². The summed E-state index contributed by atoms with van der Waals surface area (Å²) in [6, 6.07) is 9.06. The maximum absolute atomic E-state index is 13.0. The van der Waals surface area contributed by atoms with Crippen molar-refractivity contribution >= 4 is 65.1 Å². The van der Waals surface area contributed by atoms with E-state index in [0.29, 0.717) is 80.7 Å². The molecule has 2 aliphatic carbocycles. The number of benzene rings is 2. The van der Waals surface area contributed by atoms with Crippen molar-refractivity contribution in [2.24, 2.45) is 0 Å². The molecule has 0 unspecified atom stereocenters. The largest absolute Gasteiger partial charge is 0.465 e. The lowest BCUT2D eigenvalue weighted by Crippen LogP contribution is -2.30. The molecule has 0 fully saturated rings. The van der Waals surface area contributed by atoms with E-state index in [2.05, 4.69) is 31.9 Å². The van der Waals surface area contributed by atoms with Crippen molar-refractivity contribution in [3.63, 3.8) is 0 Å². The van der Waals surface area contributed by atoms with Crippen LogP contribution in [-0.4, -0.2) is 20.0 Å². The highest BCUT2D eigenvalue weighted by Crippen LogP contribution is 2.49.